The zero-order chi connectivity index (χ0) is 21.1. The number of benzene rings is 2. The first-order chi connectivity index (χ1) is 14.5. The third-order valence-electron chi connectivity index (χ3n) is 5.41. The molecule has 8 heteroatoms. The van der Waals surface area contributed by atoms with Gasteiger partial charge in [0, 0.05) is 30.8 Å². The molecule has 0 N–H and O–H groups in total. The molecule has 2 aromatic carbocycles. The summed E-state index contributed by atoms with van der Waals surface area (Å²) in [6, 6.07) is 14.1. The van der Waals surface area contributed by atoms with Crippen molar-refractivity contribution in [1.29, 1.82) is 0 Å². The average molecular weight is 467 g/mol. The summed E-state index contributed by atoms with van der Waals surface area (Å²) in [5.74, 6) is 0.545. The molecule has 0 spiro atoms. The van der Waals surface area contributed by atoms with E-state index in [-0.39, 0.29) is 24.3 Å². The second kappa shape index (κ2) is 10.1. The van der Waals surface area contributed by atoms with E-state index in [2.05, 4.69) is 4.98 Å². The van der Waals surface area contributed by atoms with Crippen LogP contribution in [0.15, 0.2) is 60.9 Å². The third-order valence-corrected chi connectivity index (χ3v) is 5.95. The summed E-state index contributed by atoms with van der Waals surface area (Å²) < 4.78 is 33.6. The van der Waals surface area contributed by atoms with Crippen LogP contribution in [-0.4, -0.2) is 35.5 Å². The number of halogens is 3. The molecule has 1 fully saturated rings. The largest absolute Gasteiger partial charge is 0.378 e. The van der Waals surface area contributed by atoms with Gasteiger partial charge in [0.25, 0.3) is 0 Å². The van der Waals surface area contributed by atoms with Crippen molar-refractivity contribution in [2.24, 2.45) is 0 Å². The Morgan fingerprint density at radius 2 is 2.03 bits per heavy atom. The lowest BCUT2D eigenvalue weighted by Gasteiger charge is -2.43. The lowest BCUT2D eigenvalue weighted by molar-refractivity contribution is -0.195. The zero-order valence-electron chi connectivity index (χ0n) is 17.3. The van der Waals surface area contributed by atoms with Gasteiger partial charge >= 0.3 is 0 Å². The van der Waals surface area contributed by atoms with Gasteiger partial charge in [0.2, 0.25) is 0 Å². The Kier molecular flexibility index (Phi) is 7.73. The SMILES string of the molecule is COC1CCOC(Cl)(c2cccc(F)c2)C1OCc1ccc(-n2ccnc2C)cc1.Cl. The van der Waals surface area contributed by atoms with Crippen LogP contribution in [0.4, 0.5) is 4.39 Å². The standard InChI is InChI=1S/C23H24ClFN2O3.ClH/c1-16-26-11-12-27(16)20-8-6-17(7-9-20)15-29-22-21(28-2)10-13-30-23(22,24)18-4-3-5-19(25)14-18;/h3-9,11-12,14,21-22H,10,13,15H2,1-2H3;1H. The Morgan fingerprint density at radius 1 is 1.26 bits per heavy atom. The molecule has 1 aliphatic heterocycles. The molecule has 1 saturated heterocycles. The van der Waals surface area contributed by atoms with E-state index in [0.717, 1.165) is 17.1 Å². The highest BCUT2D eigenvalue weighted by molar-refractivity contribution is 6.23. The lowest BCUT2D eigenvalue weighted by atomic mass is 9.95. The molecule has 1 aromatic heterocycles. The molecule has 166 valence electrons. The van der Waals surface area contributed by atoms with Crippen molar-refractivity contribution in [2.75, 3.05) is 13.7 Å². The number of nitrogens with zero attached hydrogens (tertiary/aromatic N) is 2. The van der Waals surface area contributed by atoms with Gasteiger partial charge < -0.3 is 18.8 Å². The maximum atomic E-state index is 13.8. The topological polar surface area (TPSA) is 45.5 Å². The van der Waals surface area contributed by atoms with Gasteiger partial charge in [-0.3, -0.25) is 0 Å². The molecule has 0 aliphatic carbocycles. The van der Waals surface area contributed by atoms with Crippen LogP contribution in [0.25, 0.3) is 5.69 Å². The van der Waals surface area contributed by atoms with Crippen molar-refractivity contribution in [3.05, 3.63) is 83.7 Å². The Bertz CT molecular complexity index is 998. The number of methoxy groups -OCH3 is 1. The molecule has 3 atom stereocenters. The summed E-state index contributed by atoms with van der Waals surface area (Å²) in [5, 5.41) is -1.32. The highest BCUT2D eigenvalue weighted by Crippen LogP contribution is 2.42. The first-order valence-corrected chi connectivity index (χ1v) is 10.2. The number of aromatic nitrogens is 2. The minimum Gasteiger partial charge on any atom is -0.378 e. The average Bonchev–Trinajstić information content (AvgIpc) is 3.19. The van der Waals surface area contributed by atoms with Crippen LogP contribution in [-0.2, 0) is 25.9 Å². The summed E-state index contributed by atoms with van der Waals surface area (Å²) in [7, 11) is 1.62. The second-order valence-electron chi connectivity index (χ2n) is 7.31. The normalized spacial score (nSPS) is 23.4. The van der Waals surface area contributed by atoms with E-state index in [0.29, 0.717) is 25.2 Å². The zero-order valence-corrected chi connectivity index (χ0v) is 18.9. The van der Waals surface area contributed by atoms with Gasteiger partial charge in [-0.2, -0.15) is 0 Å². The minimum absolute atomic E-state index is 0. The number of ether oxygens (including phenoxy) is 3. The van der Waals surface area contributed by atoms with E-state index in [1.807, 2.05) is 42.0 Å². The molecule has 0 saturated carbocycles. The maximum Gasteiger partial charge on any atom is 0.195 e. The molecule has 3 aromatic rings. The van der Waals surface area contributed by atoms with Gasteiger partial charge in [-0.15, -0.1) is 12.4 Å². The van der Waals surface area contributed by atoms with Crippen molar-refractivity contribution in [2.45, 2.75) is 37.2 Å². The van der Waals surface area contributed by atoms with Crippen molar-refractivity contribution in [3.63, 3.8) is 0 Å². The smallest absolute Gasteiger partial charge is 0.195 e. The summed E-state index contributed by atoms with van der Waals surface area (Å²) >= 11 is 6.88. The molecule has 0 amide bonds. The molecule has 4 rings (SSSR count). The van der Waals surface area contributed by atoms with Gasteiger partial charge in [0.1, 0.15) is 17.7 Å². The van der Waals surface area contributed by atoms with Crippen molar-refractivity contribution in [1.82, 2.24) is 9.55 Å². The number of hydrogen-bond donors (Lipinski definition) is 0. The number of aryl methyl sites for hydroxylation is 1. The van der Waals surface area contributed by atoms with Gasteiger partial charge in [0.15, 0.2) is 5.06 Å². The first kappa shape index (κ1) is 23.7. The van der Waals surface area contributed by atoms with Crippen molar-refractivity contribution in [3.8, 4) is 5.69 Å². The molecule has 1 aliphatic rings. The van der Waals surface area contributed by atoms with E-state index >= 15 is 0 Å². The highest BCUT2D eigenvalue weighted by Gasteiger charge is 2.48. The van der Waals surface area contributed by atoms with E-state index in [1.165, 1.54) is 12.1 Å². The number of rotatable bonds is 6. The number of imidazole rings is 1. The Balaban J connectivity index is 0.00000272. The fourth-order valence-electron chi connectivity index (χ4n) is 3.79. The van der Waals surface area contributed by atoms with Crippen molar-refractivity contribution >= 4 is 24.0 Å². The van der Waals surface area contributed by atoms with E-state index in [4.69, 9.17) is 25.8 Å². The predicted octanol–water partition coefficient (Wildman–Crippen LogP) is 5.15. The van der Waals surface area contributed by atoms with Crippen LogP contribution in [0.3, 0.4) is 0 Å². The summed E-state index contributed by atoms with van der Waals surface area (Å²) in [6.07, 6.45) is 3.46. The maximum absolute atomic E-state index is 13.8. The Labute approximate surface area is 192 Å². The molecule has 3 unspecified atom stereocenters. The van der Waals surface area contributed by atoms with E-state index in [1.54, 1.807) is 25.4 Å². The quantitative estimate of drug-likeness (QED) is 0.471. The van der Waals surface area contributed by atoms with Gasteiger partial charge in [-0.05, 0) is 43.2 Å². The molecular weight excluding hydrogens is 442 g/mol. The summed E-state index contributed by atoms with van der Waals surface area (Å²) in [6.45, 7) is 2.68. The van der Waals surface area contributed by atoms with Crippen LogP contribution >= 0.6 is 24.0 Å². The minimum atomic E-state index is -1.32. The molecule has 31 heavy (non-hydrogen) atoms. The molecular formula is C23H25Cl2FN2O3. The molecule has 2 heterocycles. The Hall–Kier alpha value is -1.96. The molecule has 0 radical (unpaired) electrons. The fraction of sp³-hybridized carbons (Fsp3) is 0.348. The van der Waals surface area contributed by atoms with Crippen LogP contribution in [0.1, 0.15) is 23.4 Å². The van der Waals surface area contributed by atoms with Crippen molar-refractivity contribution < 1.29 is 18.6 Å². The first-order valence-electron chi connectivity index (χ1n) is 9.84. The lowest BCUT2D eigenvalue weighted by Crippen LogP contribution is -2.51. The van der Waals surface area contributed by atoms with Crippen LogP contribution in [0.5, 0.6) is 0 Å². The monoisotopic (exact) mass is 466 g/mol. The fourth-order valence-corrected chi connectivity index (χ4v) is 4.19. The van der Waals surface area contributed by atoms with E-state index < -0.39 is 11.2 Å². The molecule has 5 nitrogen and oxygen atoms in total. The highest BCUT2D eigenvalue weighted by atomic mass is 35.5. The summed E-state index contributed by atoms with van der Waals surface area (Å²) in [5.41, 5.74) is 2.52. The third kappa shape index (κ3) is 4.94. The predicted molar refractivity (Wildman–Crippen MR) is 119 cm³/mol. The van der Waals surface area contributed by atoms with Gasteiger partial charge in [-0.1, -0.05) is 35.9 Å². The van der Waals surface area contributed by atoms with Crippen LogP contribution in [0.2, 0.25) is 0 Å². The van der Waals surface area contributed by atoms with Gasteiger partial charge in [-0.25, -0.2) is 9.37 Å². The summed E-state index contributed by atoms with van der Waals surface area (Å²) in [4.78, 5) is 4.25. The Morgan fingerprint density at radius 3 is 2.68 bits per heavy atom. The van der Waals surface area contributed by atoms with Crippen LogP contribution in [0, 0.1) is 12.7 Å². The van der Waals surface area contributed by atoms with Crippen LogP contribution < -0.4 is 0 Å². The second-order valence-corrected chi connectivity index (χ2v) is 7.87. The number of alkyl halides is 1. The van der Waals surface area contributed by atoms with Gasteiger partial charge in [0.05, 0.1) is 19.3 Å². The molecule has 0 bridgehead atoms. The van der Waals surface area contributed by atoms with E-state index in [9.17, 15) is 4.39 Å². The number of hydrogen-bond acceptors (Lipinski definition) is 4.